The van der Waals surface area contributed by atoms with Gasteiger partial charge < -0.3 is 14.7 Å². The predicted molar refractivity (Wildman–Crippen MR) is 168 cm³/mol. The van der Waals surface area contributed by atoms with E-state index in [9.17, 15) is 18.9 Å². The lowest BCUT2D eigenvalue weighted by Gasteiger charge is -2.40. The Kier molecular flexibility index (Phi) is 12.4. The van der Waals surface area contributed by atoms with Crippen molar-refractivity contribution in [2.45, 2.75) is 103 Å². The van der Waals surface area contributed by atoms with Crippen molar-refractivity contribution in [2.75, 3.05) is 44.2 Å². The van der Waals surface area contributed by atoms with Gasteiger partial charge >= 0.3 is 5.69 Å². The van der Waals surface area contributed by atoms with Crippen LogP contribution in [0.15, 0.2) is 44.8 Å². The molecule has 1 aliphatic heterocycles. The third-order valence-electron chi connectivity index (χ3n) is 7.70. The van der Waals surface area contributed by atoms with Gasteiger partial charge in [-0.05, 0) is 72.2 Å². The molecule has 1 fully saturated rings. The highest BCUT2D eigenvalue weighted by Gasteiger charge is 2.33. The first kappa shape index (κ1) is 34.0. The van der Waals surface area contributed by atoms with E-state index in [0.29, 0.717) is 55.8 Å². The summed E-state index contributed by atoms with van der Waals surface area (Å²) in [5.74, 6) is 1.22. The van der Waals surface area contributed by atoms with Crippen LogP contribution in [-0.2, 0) is 15.3 Å². The average Bonchev–Trinajstić information content (AvgIpc) is 2.92. The molecule has 0 radical (unpaired) electrons. The standard InChI is InChI=1S/C31H50N4O6S/c1-8-9-10-11-20-40-42(39)26-14-12-25(13-15-26)41-31(6,7)27(36)22-32-16-18-33(19-17-32)28-21-29(37)35(24(4)5)30(38)34(28)23(2)3/h12-15,21,23-24,27,36H,8-11,16-20,22H2,1-7H3. The molecule has 3 rings (SSSR count). The van der Waals surface area contributed by atoms with E-state index < -0.39 is 22.8 Å². The van der Waals surface area contributed by atoms with Gasteiger partial charge in [-0.3, -0.25) is 23.0 Å². The lowest BCUT2D eigenvalue weighted by molar-refractivity contribution is -0.0450. The SMILES string of the molecule is CCCCCCOS(=O)c1ccc(OC(C)(C)C(O)CN2CCN(c3cc(=O)n(C(C)C)c(=O)n3C(C)C)CC2)cc1. The first-order chi connectivity index (χ1) is 19.9. The minimum absolute atomic E-state index is 0.0898. The average molecular weight is 607 g/mol. The Bertz CT molecular complexity index is 1280. The number of nitrogens with zero attached hydrogens (tertiary/aromatic N) is 4. The van der Waals surface area contributed by atoms with Crippen LogP contribution in [0.4, 0.5) is 5.82 Å². The van der Waals surface area contributed by atoms with Crippen LogP contribution in [0, 0.1) is 0 Å². The molecule has 1 aromatic heterocycles. The van der Waals surface area contributed by atoms with E-state index in [2.05, 4.69) is 16.7 Å². The summed E-state index contributed by atoms with van der Waals surface area (Å²) < 4.78 is 27.0. The molecular weight excluding hydrogens is 556 g/mol. The minimum Gasteiger partial charge on any atom is -0.485 e. The Morgan fingerprint density at radius 3 is 2.12 bits per heavy atom. The van der Waals surface area contributed by atoms with E-state index in [1.54, 1.807) is 34.9 Å². The number of rotatable bonds is 15. The molecule has 42 heavy (non-hydrogen) atoms. The summed E-state index contributed by atoms with van der Waals surface area (Å²) in [5, 5.41) is 11.1. The summed E-state index contributed by atoms with van der Waals surface area (Å²) in [4.78, 5) is 30.7. The van der Waals surface area contributed by atoms with E-state index in [1.807, 2.05) is 41.5 Å². The van der Waals surface area contributed by atoms with Crippen LogP contribution in [-0.4, -0.2) is 74.4 Å². The van der Waals surface area contributed by atoms with Crippen molar-refractivity contribution in [3.05, 3.63) is 51.2 Å². The molecule has 2 aromatic rings. The molecule has 0 saturated carbocycles. The fraction of sp³-hybridized carbons (Fsp3) is 0.677. The van der Waals surface area contributed by atoms with E-state index >= 15 is 0 Å². The van der Waals surface area contributed by atoms with Crippen molar-refractivity contribution in [1.29, 1.82) is 0 Å². The number of ether oxygens (including phenoxy) is 1. The summed E-state index contributed by atoms with van der Waals surface area (Å²) in [7, 11) is 0. The summed E-state index contributed by atoms with van der Waals surface area (Å²) in [5.41, 5.74) is -1.44. The van der Waals surface area contributed by atoms with Crippen molar-refractivity contribution in [3.8, 4) is 5.75 Å². The van der Waals surface area contributed by atoms with Gasteiger partial charge in [-0.25, -0.2) is 9.00 Å². The highest BCUT2D eigenvalue weighted by atomic mass is 32.2. The first-order valence-corrected chi connectivity index (χ1v) is 16.3. The number of hydrogen-bond acceptors (Lipinski definition) is 8. The van der Waals surface area contributed by atoms with Gasteiger partial charge in [0.15, 0.2) is 11.1 Å². The van der Waals surface area contributed by atoms with E-state index in [0.717, 1.165) is 25.7 Å². The summed E-state index contributed by atoms with van der Waals surface area (Å²) in [6.07, 6.45) is 3.49. The number of hydrogen-bond donors (Lipinski definition) is 1. The molecule has 1 aliphatic rings. The number of aliphatic hydroxyl groups excluding tert-OH is 1. The Balaban J connectivity index is 1.56. The molecule has 0 spiro atoms. The highest BCUT2D eigenvalue weighted by Crippen LogP contribution is 2.24. The predicted octanol–water partition coefficient (Wildman–Crippen LogP) is 4.13. The molecule has 1 N–H and O–H groups in total. The summed E-state index contributed by atoms with van der Waals surface area (Å²) in [6.45, 7) is 16.9. The van der Waals surface area contributed by atoms with Gasteiger partial charge in [0.25, 0.3) is 5.56 Å². The Morgan fingerprint density at radius 1 is 0.929 bits per heavy atom. The van der Waals surface area contributed by atoms with E-state index in [1.165, 1.54) is 4.57 Å². The number of benzene rings is 1. The molecule has 10 nitrogen and oxygen atoms in total. The van der Waals surface area contributed by atoms with Crippen LogP contribution >= 0.6 is 0 Å². The van der Waals surface area contributed by atoms with Crippen molar-refractivity contribution in [2.24, 2.45) is 0 Å². The Hall–Kier alpha value is -2.47. The molecular formula is C31H50N4O6S. The number of unbranched alkanes of at least 4 members (excludes halogenated alkanes) is 3. The molecule has 2 unspecified atom stereocenters. The van der Waals surface area contributed by atoms with E-state index in [-0.39, 0.29) is 23.3 Å². The van der Waals surface area contributed by atoms with Gasteiger partial charge in [-0.15, -0.1) is 0 Å². The van der Waals surface area contributed by atoms with Crippen LogP contribution < -0.4 is 20.9 Å². The minimum atomic E-state index is -1.51. The zero-order valence-corrected chi connectivity index (χ0v) is 27.2. The molecule has 0 bridgehead atoms. The molecule has 0 amide bonds. The maximum atomic E-state index is 13.2. The second-order valence-corrected chi connectivity index (χ2v) is 13.3. The lowest BCUT2D eigenvalue weighted by Crippen LogP contribution is -2.54. The third-order valence-corrected chi connectivity index (χ3v) is 8.73. The molecule has 11 heteroatoms. The number of β-amino-alcohol motifs (C(OH)–C–C–N with tert-alkyl or cyclic N) is 1. The monoisotopic (exact) mass is 606 g/mol. The van der Waals surface area contributed by atoms with Gasteiger partial charge in [0.05, 0.1) is 11.5 Å². The van der Waals surface area contributed by atoms with Crippen LogP contribution in [0.1, 0.15) is 86.2 Å². The maximum Gasteiger partial charge on any atom is 0.333 e. The van der Waals surface area contributed by atoms with Crippen LogP contribution in [0.5, 0.6) is 5.75 Å². The van der Waals surface area contributed by atoms with Gasteiger partial charge in [0.2, 0.25) is 0 Å². The topological polar surface area (TPSA) is 106 Å². The normalized spacial score (nSPS) is 16.3. The largest absolute Gasteiger partial charge is 0.485 e. The number of anilines is 1. The highest BCUT2D eigenvalue weighted by molar-refractivity contribution is 7.80. The van der Waals surface area contributed by atoms with Gasteiger partial charge in [-0.2, -0.15) is 0 Å². The Labute approximate surface area is 252 Å². The fourth-order valence-electron chi connectivity index (χ4n) is 5.11. The van der Waals surface area contributed by atoms with E-state index in [4.69, 9.17) is 8.92 Å². The zero-order valence-electron chi connectivity index (χ0n) is 26.4. The molecule has 236 valence electrons. The maximum absolute atomic E-state index is 13.2. The van der Waals surface area contributed by atoms with Gasteiger partial charge in [0, 0.05) is 50.9 Å². The smallest absolute Gasteiger partial charge is 0.333 e. The second kappa shape index (κ2) is 15.3. The quantitative estimate of drug-likeness (QED) is 0.302. The van der Waals surface area contributed by atoms with Gasteiger partial charge in [-0.1, -0.05) is 26.2 Å². The van der Waals surface area contributed by atoms with Crippen LogP contribution in [0.3, 0.4) is 0 Å². The summed E-state index contributed by atoms with van der Waals surface area (Å²) in [6, 6.07) is 8.24. The fourth-order valence-corrected chi connectivity index (χ4v) is 5.87. The van der Waals surface area contributed by atoms with Crippen molar-refractivity contribution in [1.82, 2.24) is 14.0 Å². The molecule has 2 atom stereocenters. The lowest BCUT2D eigenvalue weighted by atomic mass is 10.0. The number of piperazine rings is 1. The number of aromatic nitrogens is 2. The Morgan fingerprint density at radius 2 is 1.55 bits per heavy atom. The molecule has 2 heterocycles. The van der Waals surface area contributed by atoms with Crippen molar-refractivity contribution >= 4 is 16.9 Å². The van der Waals surface area contributed by atoms with Crippen LogP contribution in [0.2, 0.25) is 0 Å². The van der Waals surface area contributed by atoms with Gasteiger partial charge in [0.1, 0.15) is 23.3 Å². The molecule has 1 saturated heterocycles. The first-order valence-electron chi connectivity index (χ1n) is 15.2. The van der Waals surface area contributed by atoms with Crippen molar-refractivity contribution < 1.29 is 18.2 Å². The molecule has 1 aromatic carbocycles. The second-order valence-electron chi connectivity index (χ2n) is 12.1. The van der Waals surface area contributed by atoms with Crippen LogP contribution in [0.25, 0.3) is 0 Å². The summed E-state index contributed by atoms with van der Waals surface area (Å²) >= 11 is -1.51. The van der Waals surface area contributed by atoms with Crippen molar-refractivity contribution in [3.63, 3.8) is 0 Å². The zero-order chi connectivity index (χ0) is 31.0. The third kappa shape index (κ3) is 8.78. The molecule has 0 aliphatic carbocycles. The number of aliphatic hydroxyl groups is 1.